The number of fused-ring (bicyclic) bond motifs is 1. The fraction of sp³-hybridized carbons (Fsp3) is 0.333. The van der Waals surface area contributed by atoms with Gasteiger partial charge in [0, 0.05) is 12.0 Å². The zero-order valence-electron chi connectivity index (χ0n) is 12.5. The Bertz CT molecular complexity index is 639. The molecule has 0 radical (unpaired) electrons. The summed E-state index contributed by atoms with van der Waals surface area (Å²) in [7, 11) is 3.32. The van der Waals surface area contributed by atoms with Crippen LogP contribution in [0.3, 0.4) is 0 Å². The zero-order chi connectivity index (χ0) is 14.8. The summed E-state index contributed by atoms with van der Waals surface area (Å²) in [4.78, 5) is 0. The highest BCUT2D eigenvalue weighted by Gasteiger charge is 2.29. The van der Waals surface area contributed by atoms with E-state index >= 15 is 0 Å². The van der Waals surface area contributed by atoms with Gasteiger partial charge in [0.1, 0.15) is 0 Å². The Morgan fingerprint density at radius 1 is 1.05 bits per heavy atom. The second-order valence-corrected chi connectivity index (χ2v) is 5.57. The summed E-state index contributed by atoms with van der Waals surface area (Å²) in [6, 6.07) is 14.9. The summed E-state index contributed by atoms with van der Waals surface area (Å²) < 4.78 is 10.7. The Morgan fingerprint density at radius 2 is 1.81 bits per heavy atom. The van der Waals surface area contributed by atoms with Crippen molar-refractivity contribution >= 4 is 0 Å². The predicted octanol–water partition coefficient (Wildman–Crippen LogP) is 2.91. The van der Waals surface area contributed by atoms with Crippen LogP contribution in [-0.2, 0) is 12.8 Å². The van der Waals surface area contributed by atoms with E-state index in [4.69, 9.17) is 15.2 Å². The molecular formula is C18H21NO2. The van der Waals surface area contributed by atoms with Crippen LogP contribution in [0.15, 0.2) is 42.5 Å². The lowest BCUT2D eigenvalue weighted by Gasteiger charge is -2.18. The van der Waals surface area contributed by atoms with Gasteiger partial charge in [-0.25, -0.2) is 0 Å². The molecule has 0 aliphatic heterocycles. The Labute approximate surface area is 125 Å². The van der Waals surface area contributed by atoms with Crippen molar-refractivity contribution in [3.8, 4) is 11.5 Å². The molecule has 1 aliphatic rings. The molecule has 0 saturated heterocycles. The molecule has 2 aromatic carbocycles. The first kappa shape index (κ1) is 14.0. The standard InChI is InChI=1S/C18H21NO2/c1-20-17-8-7-12(10-18(17)21-2)9-15-14-6-4-3-5-13(14)11-16(15)19/h3-8,10,15-16H,9,11,19H2,1-2H3. The molecule has 0 fully saturated rings. The Morgan fingerprint density at radius 3 is 2.57 bits per heavy atom. The van der Waals surface area contributed by atoms with Crippen LogP contribution in [0.1, 0.15) is 22.6 Å². The molecule has 2 N–H and O–H groups in total. The van der Waals surface area contributed by atoms with Crippen molar-refractivity contribution in [1.29, 1.82) is 0 Å². The monoisotopic (exact) mass is 283 g/mol. The number of benzene rings is 2. The van der Waals surface area contributed by atoms with Crippen molar-refractivity contribution in [2.24, 2.45) is 5.73 Å². The molecule has 0 heterocycles. The third-order valence-electron chi connectivity index (χ3n) is 4.33. The normalized spacial score (nSPS) is 20.1. The van der Waals surface area contributed by atoms with E-state index in [-0.39, 0.29) is 6.04 Å². The lowest BCUT2D eigenvalue weighted by molar-refractivity contribution is 0.354. The number of methoxy groups -OCH3 is 2. The Balaban J connectivity index is 1.87. The van der Waals surface area contributed by atoms with Gasteiger partial charge in [0.2, 0.25) is 0 Å². The smallest absolute Gasteiger partial charge is 0.160 e. The zero-order valence-corrected chi connectivity index (χ0v) is 12.5. The predicted molar refractivity (Wildman–Crippen MR) is 84.1 cm³/mol. The van der Waals surface area contributed by atoms with E-state index in [1.807, 2.05) is 12.1 Å². The molecule has 2 unspecified atom stereocenters. The Hall–Kier alpha value is -2.00. The first-order valence-electron chi connectivity index (χ1n) is 7.27. The molecule has 3 nitrogen and oxygen atoms in total. The molecule has 0 amide bonds. The maximum absolute atomic E-state index is 6.35. The number of rotatable bonds is 4. The van der Waals surface area contributed by atoms with Crippen LogP contribution in [0.4, 0.5) is 0 Å². The van der Waals surface area contributed by atoms with Crippen molar-refractivity contribution in [3.63, 3.8) is 0 Å². The molecule has 0 spiro atoms. The van der Waals surface area contributed by atoms with Gasteiger partial charge >= 0.3 is 0 Å². The largest absolute Gasteiger partial charge is 0.493 e. The second kappa shape index (κ2) is 5.78. The molecule has 110 valence electrons. The highest BCUT2D eigenvalue weighted by Crippen LogP contribution is 2.36. The van der Waals surface area contributed by atoms with Crippen LogP contribution in [0.5, 0.6) is 11.5 Å². The average molecular weight is 283 g/mol. The molecule has 0 aromatic heterocycles. The van der Waals surface area contributed by atoms with E-state index in [1.54, 1.807) is 14.2 Å². The summed E-state index contributed by atoms with van der Waals surface area (Å²) in [6.07, 6.45) is 1.90. The topological polar surface area (TPSA) is 44.5 Å². The minimum absolute atomic E-state index is 0.190. The average Bonchev–Trinajstić information content (AvgIpc) is 2.83. The Kier molecular flexibility index (Phi) is 3.84. The molecule has 3 rings (SSSR count). The van der Waals surface area contributed by atoms with Crippen LogP contribution in [0.25, 0.3) is 0 Å². The summed E-state index contributed by atoms with van der Waals surface area (Å²) in [6.45, 7) is 0. The fourth-order valence-electron chi connectivity index (χ4n) is 3.23. The van der Waals surface area contributed by atoms with Crippen molar-refractivity contribution in [2.75, 3.05) is 14.2 Å². The first-order chi connectivity index (χ1) is 10.2. The maximum Gasteiger partial charge on any atom is 0.160 e. The van der Waals surface area contributed by atoms with E-state index in [1.165, 1.54) is 16.7 Å². The molecule has 0 saturated carbocycles. The third-order valence-corrected chi connectivity index (χ3v) is 4.33. The van der Waals surface area contributed by atoms with Gasteiger partial charge in [0.05, 0.1) is 14.2 Å². The van der Waals surface area contributed by atoms with Gasteiger partial charge in [-0.15, -0.1) is 0 Å². The van der Waals surface area contributed by atoms with Crippen LogP contribution in [0.2, 0.25) is 0 Å². The third kappa shape index (κ3) is 2.61. The fourth-order valence-corrected chi connectivity index (χ4v) is 3.23. The summed E-state index contributed by atoms with van der Waals surface area (Å²) in [5.41, 5.74) is 10.3. The van der Waals surface area contributed by atoms with Gasteiger partial charge in [-0.1, -0.05) is 30.3 Å². The SMILES string of the molecule is COc1ccc(CC2c3ccccc3CC2N)cc1OC. The van der Waals surface area contributed by atoms with E-state index in [2.05, 4.69) is 30.3 Å². The van der Waals surface area contributed by atoms with Crippen molar-refractivity contribution in [2.45, 2.75) is 24.8 Å². The van der Waals surface area contributed by atoms with Crippen LogP contribution in [0, 0.1) is 0 Å². The van der Waals surface area contributed by atoms with Gasteiger partial charge in [-0.3, -0.25) is 0 Å². The van der Waals surface area contributed by atoms with Gasteiger partial charge in [0.25, 0.3) is 0 Å². The number of nitrogens with two attached hydrogens (primary N) is 1. The summed E-state index contributed by atoms with van der Waals surface area (Å²) in [5, 5.41) is 0. The summed E-state index contributed by atoms with van der Waals surface area (Å²) in [5.74, 6) is 1.91. The molecule has 2 aromatic rings. The molecule has 0 bridgehead atoms. The van der Waals surface area contributed by atoms with Crippen molar-refractivity contribution in [1.82, 2.24) is 0 Å². The van der Waals surface area contributed by atoms with Crippen LogP contribution < -0.4 is 15.2 Å². The maximum atomic E-state index is 6.35. The van der Waals surface area contributed by atoms with Gasteiger partial charge in [-0.2, -0.15) is 0 Å². The minimum Gasteiger partial charge on any atom is -0.493 e. The van der Waals surface area contributed by atoms with Crippen molar-refractivity contribution in [3.05, 3.63) is 59.2 Å². The molecule has 2 atom stereocenters. The van der Waals surface area contributed by atoms with Gasteiger partial charge < -0.3 is 15.2 Å². The van der Waals surface area contributed by atoms with Crippen molar-refractivity contribution < 1.29 is 9.47 Å². The number of hydrogen-bond acceptors (Lipinski definition) is 3. The second-order valence-electron chi connectivity index (χ2n) is 5.57. The van der Waals surface area contributed by atoms with E-state index in [9.17, 15) is 0 Å². The van der Waals surface area contributed by atoms with Crippen LogP contribution in [-0.4, -0.2) is 20.3 Å². The highest BCUT2D eigenvalue weighted by atomic mass is 16.5. The molecule has 1 aliphatic carbocycles. The van der Waals surface area contributed by atoms with Gasteiger partial charge in [-0.05, 0) is 41.7 Å². The highest BCUT2D eigenvalue weighted by molar-refractivity contribution is 5.45. The van der Waals surface area contributed by atoms with Crippen LogP contribution >= 0.6 is 0 Å². The molecule has 3 heteroatoms. The lowest BCUT2D eigenvalue weighted by Crippen LogP contribution is -2.26. The van der Waals surface area contributed by atoms with E-state index in [0.717, 1.165) is 24.3 Å². The minimum atomic E-state index is 0.190. The first-order valence-corrected chi connectivity index (χ1v) is 7.27. The lowest BCUT2D eigenvalue weighted by atomic mass is 9.91. The van der Waals surface area contributed by atoms with E-state index in [0.29, 0.717) is 5.92 Å². The number of ether oxygens (including phenoxy) is 2. The molecular weight excluding hydrogens is 262 g/mol. The molecule has 21 heavy (non-hydrogen) atoms. The number of hydrogen-bond donors (Lipinski definition) is 1. The van der Waals surface area contributed by atoms with Gasteiger partial charge in [0.15, 0.2) is 11.5 Å². The summed E-state index contributed by atoms with van der Waals surface area (Å²) >= 11 is 0. The quantitative estimate of drug-likeness (QED) is 0.938. The van der Waals surface area contributed by atoms with E-state index < -0.39 is 0 Å².